The average molecular weight is 326 g/mol. The Morgan fingerprint density at radius 3 is 2.58 bits per heavy atom. The predicted octanol–water partition coefficient (Wildman–Crippen LogP) is 1.92. The molecule has 6 nitrogen and oxygen atoms in total. The highest BCUT2D eigenvalue weighted by Crippen LogP contribution is 2.14. The van der Waals surface area contributed by atoms with E-state index in [4.69, 9.17) is 0 Å². The molecule has 3 rings (SSSR count). The second kappa shape index (κ2) is 7.29. The molecular weight excluding hydrogens is 304 g/mol. The SMILES string of the molecule is Cc1c(C(=O)NCCC(=O)N2CCCC2)cnn1-c1ccccc1. The lowest BCUT2D eigenvalue weighted by atomic mass is 10.2. The topological polar surface area (TPSA) is 67.2 Å². The van der Waals surface area contributed by atoms with Crippen molar-refractivity contribution in [3.05, 3.63) is 47.8 Å². The molecule has 0 radical (unpaired) electrons. The number of hydrogen-bond acceptors (Lipinski definition) is 3. The highest BCUT2D eigenvalue weighted by Gasteiger charge is 2.19. The molecule has 0 spiro atoms. The average Bonchev–Trinajstić information content (AvgIpc) is 3.25. The minimum atomic E-state index is -0.191. The first-order valence-corrected chi connectivity index (χ1v) is 8.33. The molecule has 1 saturated heterocycles. The van der Waals surface area contributed by atoms with Crippen LogP contribution in [0.25, 0.3) is 5.69 Å². The van der Waals surface area contributed by atoms with Crippen LogP contribution in [0.3, 0.4) is 0 Å². The van der Waals surface area contributed by atoms with Gasteiger partial charge in [-0.15, -0.1) is 0 Å². The van der Waals surface area contributed by atoms with E-state index in [1.54, 1.807) is 10.9 Å². The minimum absolute atomic E-state index is 0.115. The monoisotopic (exact) mass is 326 g/mol. The Kier molecular flexibility index (Phi) is 4.93. The molecule has 126 valence electrons. The van der Waals surface area contributed by atoms with Crippen LogP contribution in [0.4, 0.5) is 0 Å². The maximum Gasteiger partial charge on any atom is 0.254 e. The first kappa shape index (κ1) is 16.2. The molecule has 6 heteroatoms. The molecule has 2 aromatic rings. The van der Waals surface area contributed by atoms with Crippen LogP contribution in [0.1, 0.15) is 35.3 Å². The number of nitrogens with one attached hydrogen (secondary N) is 1. The number of carbonyl (C=O) groups is 2. The van der Waals surface area contributed by atoms with Crippen molar-refractivity contribution in [1.29, 1.82) is 0 Å². The van der Waals surface area contributed by atoms with Gasteiger partial charge in [-0.1, -0.05) is 18.2 Å². The van der Waals surface area contributed by atoms with E-state index in [9.17, 15) is 9.59 Å². The van der Waals surface area contributed by atoms with E-state index in [1.807, 2.05) is 42.2 Å². The van der Waals surface area contributed by atoms with Gasteiger partial charge in [0.25, 0.3) is 5.91 Å². The highest BCUT2D eigenvalue weighted by atomic mass is 16.2. The summed E-state index contributed by atoms with van der Waals surface area (Å²) in [5.74, 6) is -0.0756. The maximum absolute atomic E-state index is 12.3. The van der Waals surface area contributed by atoms with Gasteiger partial charge in [0.15, 0.2) is 0 Å². The molecule has 2 amide bonds. The van der Waals surface area contributed by atoms with Gasteiger partial charge < -0.3 is 10.2 Å². The summed E-state index contributed by atoms with van der Waals surface area (Å²) in [7, 11) is 0. The zero-order valence-electron chi connectivity index (χ0n) is 13.9. The standard InChI is InChI=1S/C18H22N4O2/c1-14-16(13-20-22(14)15-7-3-2-4-8-15)18(24)19-10-9-17(23)21-11-5-6-12-21/h2-4,7-8,13H,5-6,9-12H2,1H3,(H,19,24). The number of likely N-dealkylation sites (tertiary alicyclic amines) is 1. The number of aromatic nitrogens is 2. The number of carbonyl (C=O) groups excluding carboxylic acids is 2. The van der Waals surface area contributed by atoms with Crippen molar-refractivity contribution in [3.8, 4) is 5.69 Å². The Morgan fingerprint density at radius 2 is 1.88 bits per heavy atom. The molecule has 24 heavy (non-hydrogen) atoms. The summed E-state index contributed by atoms with van der Waals surface area (Å²) in [4.78, 5) is 26.2. The van der Waals surface area contributed by atoms with Crippen LogP contribution >= 0.6 is 0 Å². The molecule has 1 aromatic carbocycles. The van der Waals surface area contributed by atoms with E-state index in [2.05, 4.69) is 10.4 Å². The van der Waals surface area contributed by atoms with Gasteiger partial charge in [-0.2, -0.15) is 5.10 Å². The number of hydrogen-bond donors (Lipinski definition) is 1. The van der Waals surface area contributed by atoms with Gasteiger partial charge in [0.1, 0.15) is 0 Å². The van der Waals surface area contributed by atoms with Crippen LogP contribution in [0.15, 0.2) is 36.5 Å². The summed E-state index contributed by atoms with van der Waals surface area (Å²) in [6.45, 7) is 3.90. The number of benzene rings is 1. The van der Waals surface area contributed by atoms with Crippen LogP contribution < -0.4 is 5.32 Å². The van der Waals surface area contributed by atoms with Crippen molar-refractivity contribution in [2.75, 3.05) is 19.6 Å². The van der Waals surface area contributed by atoms with Gasteiger partial charge in [-0.05, 0) is 31.9 Å². The summed E-state index contributed by atoms with van der Waals surface area (Å²) in [6, 6.07) is 9.68. The molecule has 0 atom stereocenters. The summed E-state index contributed by atoms with van der Waals surface area (Å²) in [5.41, 5.74) is 2.23. The zero-order chi connectivity index (χ0) is 16.9. The third kappa shape index (κ3) is 3.48. The quantitative estimate of drug-likeness (QED) is 0.913. The first-order valence-electron chi connectivity index (χ1n) is 8.33. The minimum Gasteiger partial charge on any atom is -0.351 e. The summed E-state index contributed by atoms with van der Waals surface area (Å²) in [5, 5.41) is 7.11. The van der Waals surface area contributed by atoms with Crippen LogP contribution in [-0.2, 0) is 4.79 Å². The number of nitrogens with zero attached hydrogens (tertiary/aromatic N) is 3. The predicted molar refractivity (Wildman–Crippen MR) is 91.1 cm³/mol. The lowest BCUT2D eigenvalue weighted by Gasteiger charge is -2.15. The first-order chi connectivity index (χ1) is 11.7. The Labute approximate surface area is 141 Å². The van der Waals surface area contributed by atoms with Crippen molar-refractivity contribution in [3.63, 3.8) is 0 Å². The molecule has 1 N–H and O–H groups in total. The van der Waals surface area contributed by atoms with Gasteiger partial charge in [-0.3, -0.25) is 9.59 Å². The van der Waals surface area contributed by atoms with E-state index in [0.29, 0.717) is 18.5 Å². The molecule has 2 heterocycles. The van der Waals surface area contributed by atoms with E-state index < -0.39 is 0 Å². The lowest BCUT2D eigenvalue weighted by molar-refractivity contribution is -0.129. The van der Waals surface area contributed by atoms with Crippen LogP contribution in [0.2, 0.25) is 0 Å². The van der Waals surface area contributed by atoms with Crippen molar-refractivity contribution < 1.29 is 9.59 Å². The van der Waals surface area contributed by atoms with Gasteiger partial charge >= 0.3 is 0 Å². The summed E-state index contributed by atoms with van der Waals surface area (Å²) >= 11 is 0. The highest BCUT2D eigenvalue weighted by molar-refractivity contribution is 5.95. The molecule has 1 aromatic heterocycles. The van der Waals surface area contributed by atoms with Crippen molar-refractivity contribution in [2.45, 2.75) is 26.2 Å². The molecule has 0 aliphatic carbocycles. The van der Waals surface area contributed by atoms with Gasteiger partial charge in [0.2, 0.25) is 5.91 Å². The van der Waals surface area contributed by atoms with Crippen LogP contribution in [0, 0.1) is 6.92 Å². The molecule has 0 saturated carbocycles. The Bertz CT molecular complexity index is 718. The lowest BCUT2D eigenvalue weighted by Crippen LogP contribution is -2.32. The van der Waals surface area contributed by atoms with Crippen molar-refractivity contribution in [2.24, 2.45) is 0 Å². The third-order valence-corrected chi connectivity index (χ3v) is 4.34. The molecular formula is C18H22N4O2. The molecule has 0 unspecified atom stereocenters. The van der Waals surface area contributed by atoms with E-state index >= 15 is 0 Å². The zero-order valence-corrected chi connectivity index (χ0v) is 13.9. The molecule has 1 aliphatic heterocycles. The fraction of sp³-hybridized carbons (Fsp3) is 0.389. The van der Waals surface area contributed by atoms with E-state index in [-0.39, 0.29) is 11.8 Å². The molecule has 1 aliphatic rings. The van der Waals surface area contributed by atoms with Gasteiger partial charge in [0, 0.05) is 26.1 Å². The third-order valence-electron chi connectivity index (χ3n) is 4.34. The second-order valence-electron chi connectivity index (χ2n) is 5.98. The Balaban J connectivity index is 1.57. The smallest absolute Gasteiger partial charge is 0.254 e. The van der Waals surface area contributed by atoms with E-state index in [1.165, 1.54) is 0 Å². The van der Waals surface area contributed by atoms with Crippen molar-refractivity contribution in [1.82, 2.24) is 20.0 Å². The number of para-hydroxylation sites is 1. The maximum atomic E-state index is 12.3. The van der Waals surface area contributed by atoms with Gasteiger partial charge in [-0.25, -0.2) is 4.68 Å². The summed E-state index contributed by atoms with van der Waals surface area (Å²) in [6.07, 6.45) is 4.07. The largest absolute Gasteiger partial charge is 0.351 e. The number of rotatable bonds is 5. The second-order valence-corrected chi connectivity index (χ2v) is 5.98. The fourth-order valence-electron chi connectivity index (χ4n) is 2.96. The molecule has 0 bridgehead atoms. The Morgan fingerprint density at radius 1 is 1.17 bits per heavy atom. The van der Waals surface area contributed by atoms with Crippen molar-refractivity contribution >= 4 is 11.8 Å². The fourth-order valence-corrected chi connectivity index (χ4v) is 2.96. The van der Waals surface area contributed by atoms with Crippen LogP contribution in [0.5, 0.6) is 0 Å². The Hall–Kier alpha value is -2.63. The van der Waals surface area contributed by atoms with E-state index in [0.717, 1.165) is 37.3 Å². The summed E-state index contributed by atoms with van der Waals surface area (Å²) < 4.78 is 1.74. The number of amides is 2. The van der Waals surface area contributed by atoms with Gasteiger partial charge in [0.05, 0.1) is 23.1 Å². The molecule has 1 fully saturated rings. The van der Waals surface area contributed by atoms with Crippen LogP contribution in [-0.4, -0.2) is 46.1 Å². The normalized spacial score (nSPS) is 14.0.